The number of hydrogen-bond acceptors (Lipinski definition) is 6. The summed E-state index contributed by atoms with van der Waals surface area (Å²) < 4.78 is 10.3. The van der Waals surface area contributed by atoms with Crippen LogP contribution in [0, 0.1) is 0 Å². The van der Waals surface area contributed by atoms with E-state index in [0.29, 0.717) is 28.4 Å². The van der Waals surface area contributed by atoms with Gasteiger partial charge in [-0.05, 0) is 25.1 Å². The number of nitrogens with zero attached hydrogens (tertiary/aromatic N) is 2. The number of benzodiazepines with no additional fused rings is 1. The third-order valence-corrected chi connectivity index (χ3v) is 5.70. The highest BCUT2D eigenvalue weighted by Crippen LogP contribution is 2.28. The smallest absolute Gasteiger partial charge is 0.321 e. The number of esters is 1. The first-order valence-corrected chi connectivity index (χ1v) is 11.9. The maximum absolute atomic E-state index is 13.7. The van der Waals surface area contributed by atoms with Gasteiger partial charge in [-0.3, -0.25) is 9.59 Å². The number of ether oxygens (including phenoxy) is 2. The maximum atomic E-state index is 13.7. The Morgan fingerprint density at radius 3 is 2.51 bits per heavy atom. The highest BCUT2D eigenvalue weighted by atomic mass is 16.5. The molecule has 3 aromatic rings. The van der Waals surface area contributed by atoms with Crippen molar-refractivity contribution in [1.29, 1.82) is 0 Å². The molecule has 0 saturated heterocycles. The first kappa shape index (κ1) is 25.4. The van der Waals surface area contributed by atoms with Gasteiger partial charge in [-0.15, -0.1) is 0 Å². The fourth-order valence-electron chi connectivity index (χ4n) is 4.01. The molecule has 0 spiro atoms. The lowest BCUT2D eigenvalue weighted by Gasteiger charge is -2.25. The van der Waals surface area contributed by atoms with Crippen LogP contribution in [0.3, 0.4) is 0 Å². The van der Waals surface area contributed by atoms with Gasteiger partial charge in [-0.1, -0.05) is 54.6 Å². The number of aliphatic imine (C=N–C) groups is 1. The van der Waals surface area contributed by atoms with Crippen molar-refractivity contribution in [1.82, 2.24) is 5.32 Å². The molecule has 9 nitrogen and oxygen atoms in total. The minimum atomic E-state index is -1.24. The number of benzene rings is 3. The number of urea groups is 1. The summed E-state index contributed by atoms with van der Waals surface area (Å²) in [5.74, 6) is -0.307. The van der Waals surface area contributed by atoms with E-state index in [4.69, 9.17) is 14.5 Å². The Labute approximate surface area is 215 Å². The summed E-state index contributed by atoms with van der Waals surface area (Å²) in [6.07, 6.45) is -1.24. The molecule has 1 heterocycles. The fraction of sp³-hybridized carbons (Fsp3) is 0.214. The number of carbonyl (C=O) groups is 3. The minimum absolute atomic E-state index is 0.00267. The molecule has 3 amide bonds. The first-order valence-electron chi connectivity index (χ1n) is 11.9. The van der Waals surface area contributed by atoms with Crippen LogP contribution in [0.4, 0.5) is 16.2 Å². The molecule has 0 aromatic heterocycles. The van der Waals surface area contributed by atoms with E-state index in [2.05, 4.69) is 10.6 Å². The van der Waals surface area contributed by atoms with Gasteiger partial charge in [-0.25, -0.2) is 9.79 Å². The van der Waals surface area contributed by atoms with Crippen molar-refractivity contribution in [3.8, 4) is 5.75 Å². The van der Waals surface area contributed by atoms with Crippen LogP contribution in [-0.4, -0.2) is 50.0 Å². The number of carbonyl (C=O) groups excluding carboxylic acids is 3. The van der Waals surface area contributed by atoms with Crippen LogP contribution >= 0.6 is 0 Å². The summed E-state index contributed by atoms with van der Waals surface area (Å²) in [7, 11) is 1.53. The van der Waals surface area contributed by atoms with E-state index in [9.17, 15) is 14.4 Å². The molecule has 0 saturated carbocycles. The first-order chi connectivity index (χ1) is 18.0. The standard InChI is InChI=1S/C28H28N4O5/c1-3-37-24(33)16-17-32-23-15-8-7-14-22(23)25(19-10-5-4-6-11-19)30-26(27(32)34)31-28(35)29-20-12-9-13-21(18-20)36-2/h4-15,18,26H,3,16-17H2,1-2H3,(H2,29,31,35)/t26-/m1/s1. The molecule has 1 atom stereocenters. The quantitative estimate of drug-likeness (QED) is 0.455. The molecular weight excluding hydrogens is 472 g/mol. The number of amides is 3. The van der Waals surface area contributed by atoms with Gasteiger partial charge in [0.05, 0.1) is 31.5 Å². The van der Waals surface area contributed by atoms with Gasteiger partial charge in [-0.2, -0.15) is 0 Å². The molecule has 0 unspecified atom stereocenters. The normalized spacial score (nSPS) is 14.6. The Hall–Kier alpha value is -4.66. The summed E-state index contributed by atoms with van der Waals surface area (Å²) in [6, 6.07) is 23.0. The third-order valence-electron chi connectivity index (χ3n) is 5.70. The molecule has 0 bridgehead atoms. The maximum Gasteiger partial charge on any atom is 0.321 e. The van der Waals surface area contributed by atoms with E-state index >= 15 is 0 Å². The van der Waals surface area contributed by atoms with Crippen molar-refractivity contribution in [2.24, 2.45) is 4.99 Å². The van der Waals surface area contributed by atoms with E-state index in [-0.39, 0.29) is 19.6 Å². The Balaban J connectivity index is 1.69. The number of methoxy groups -OCH3 is 1. The number of fused-ring (bicyclic) bond motifs is 1. The molecular formula is C28H28N4O5. The molecule has 0 radical (unpaired) electrons. The largest absolute Gasteiger partial charge is 0.497 e. The summed E-state index contributed by atoms with van der Waals surface area (Å²) in [5.41, 5.74) is 3.14. The predicted molar refractivity (Wildman–Crippen MR) is 141 cm³/mol. The summed E-state index contributed by atoms with van der Waals surface area (Å²) in [6.45, 7) is 2.05. The van der Waals surface area contributed by atoms with E-state index in [1.54, 1.807) is 37.3 Å². The number of hydrogen-bond donors (Lipinski definition) is 2. The van der Waals surface area contributed by atoms with Crippen molar-refractivity contribution in [3.05, 3.63) is 90.0 Å². The number of rotatable bonds is 8. The Morgan fingerprint density at radius 2 is 1.76 bits per heavy atom. The second-order valence-electron chi connectivity index (χ2n) is 8.14. The number of para-hydroxylation sites is 1. The van der Waals surface area contributed by atoms with Crippen molar-refractivity contribution in [2.45, 2.75) is 19.5 Å². The molecule has 0 fully saturated rings. The third kappa shape index (κ3) is 6.13. The monoisotopic (exact) mass is 500 g/mol. The zero-order valence-electron chi connectivity index (χ0n) is 20.6. The van der Waals surface area contributed by atoms with Crippen molar-refractivity contribution < 1.29 is 23.9 Å². The predicted octanol–water partition coefficient (Wildman–Crippen LogP) is 3.98. The molecule has 2 N–H and O–H groups in total. The minimum Gasteiger partial charge on any atom is -0.497 e. The van der Waals surface area contributed by atoms with Crippen molar-refractivity contribution >= 4 is 35.0 Å². The fourth-order valence-corrected chi connectivity index (χ4v) is 4.01. The van der Waals surface area contributed by atoms with Crippen LogP contribution in [0.1, 0.15) is 24.5 Å². The van der Waals surface area contributed by atoms with E-state index < -0.39 is 24.1 Å². The zero-order valence-corrected chi connectivity index (χ0v) is 20.6. The molecule has 4 rings (SSSR count). The van der Waals surface area contributed by atoms with Crippen LogP contribution in [0.2, 0.25) is 0 Å². The van der Waals surface area contributed by atoms with Crippen LogP contribution in [0.25, 0.3) is 0 Å². The Bertz CT molecular complexity index is 1310. The lowest BCUT2D eigenvalue weighted by molar-refractivity contribution is -0.142. The average Bonchev–Trinajstić information content (AvgIpc) is 3.02. The van der Waals surface area contributed by atoms with Gasteiger partial charge in [0.2, 0.25) is 6.17 Å². The molecule has 0 aliphatic carbocycles. The van der Waals surface area contributed by atoms with E-state index in [0.717, 1.165) is 5.56 Å². The summed E-state index contributed by atoms with van der Waals surface area (Å²) in [5, 5.41) is 5.40. The topological polar surface area (TPSA) is 109 Å². The lowest BCUT2D eigenvalue weighted by atomic mass is 10.0. The van der Waals surface area contributed by atoms with Crippen LogP contribution in [0.5, 0.6) is 5.75 Å². The van der Waals surface area contributed by atoms with Crippen LogP contribution in [-0.2, 0) is 14.3 Å². The Morgan fingerprint density at radius 1 is 1.00 bits per heavy atom. The molecule has 1 aliphatic rings. The lowest BCUT2D eigenvalue weighted by Crippen LogP contribution is -2.49. The highest BCUT2D eigenvalue weighted by Gasteiger charge is 2.33. The summed E-state index contributed by atoms with van der Waals surface area (Å²) >= 11 is 0. The van der Waals surface area contributed by atoms with Crippen molar-refractivity contribution in [3.63, 3.8) is 0 Å². The molecule has 1 aliphatic heterocycles. The number of anilines is 2. The SMILES string of the molecule is CCOC(=O)CCN1C(=O)[C@@H](NC(=O)Nc2cccc(OC)c2)N=C(c2ccccc2)c2ccccc21. The van der Waals surface area contributed by atoms with Gasteiger partial charge in [0, 0.05) is 29.4 Å². The van der Waals surface area contributed by atoms with Crippen LogP contribution in [0.15, 0.2) is 83.9 Å². The molecule has 190 valence electrons. The van der Waals surface area contributed by atoms with Crippen LogP contribution < -0.4 is 20.3 Å². The van der Waals surface area contributed by atoms with Gasteiger partial charge in [0.15, 0.2) is 0 Å². The second-order valence-corrected chi connectivity index (χ2v) is 8.14. The van der Waals surface area contributed by atoms with Gasteiger partial charge < -0.3 is 25.0 Å². The Kier molecular flexibility index (Phi) is 8.15. The molecule has 3 aromatic carbocycles. The average molecular weight is 501 g/mol. The molecule has 9 heteroatoms. The highest BCUT2D eigenvalue weighted by molar-refractivity contribution is 6.20. The van der Waals surface area contributed by atoms with Crippen molar-refractivity contribution in [2.75, 3.05) is 30.5 Å². The number of nitrogens with one attached hydrogen (secondary N) is 2. The summed E-state index contributed by atoms with van der Waals surface area (Å²) in [4.78, 5) is 45.0. The van der Waals surface area contributed by atoms with E-state index in [1.165, 1.54) is 12.0 Å². The molecule has 37 heavy (non-hydrogen) atoms. The second kappa shape index (κ2) is 11.9. The van der Waals surface area contributed by atoms with Gasteiger partial charge in [0.1, 0.15) is 5.75 Å². The van der Waals surface area contributed by atoms with Gasteiger partial charge >= 0.3 is 12.0 Å². The zero-order chi connectivity index (χ0) is 26.2. The van der Waals surface area contributed by atoms with Gasteiger partial charge in [0.25, 0.3) is 5.91 Å². The van der Waals surface area contributed by atoms with E-state index in [1.807, 2.05) is 48.5 Å².